The molecule has 0 aliphatic carbocycles. The number of pyridine rings is 1. The van der Waals surface area contributed by atoms with Gasteiger partial charge in [-0.1, -0.05) is 24.3 Å². The van der Waals surface area contributed by atoms with Crippen molar-refractivity contribution >= 4 is 17.8 Å². The summed E-state index contributed by atoms with van der Waals surface area (Å²) < 4.78 is 0. The number of aliphatic hydroxyl groups excluding tert-OH is 1. The Morgan fingerprint density at radius 2 is 1.76 bits per heavy atom. The first kappa shape index (κ1) is 19.9. The predicted molar refractivity (Wildman–Crippen MR) is 103 cm³/mol. The number of hydrogen-bond donors (Lipinski definition) is 4. The Morgan fingerprint density at radius 1 is 1.07 bits per heavy atom. The van der Waals surface area contributed by atoms with E-state index in [0.717, 1.165) is 16.7 Å². The molecule has 3 rings (SSSR count). The Balaban J connectivity index is 1.71. The van der Waals surface area contributed by atoms with E-state index in [1.807, 2.05) is 24.3 Å². The highest BCUT2D eigenvalue weighted by Crippen LogP contribution is 2.22. The summed E-state index contributed by atoms with van der Waals surface area (Å²) >= 11 is 0. The zero-order valence-corrected chi connectivity index (χ0v) is 15.3. The largest absolute Gasteiger partial charge is 0.511 e. The summed E-state index contributed by atoms with van der Waals surface area (Å²) in [5.41, 5.74) is 1.94. The van der Waals surface area contributed by atoms with Crippen LogP contribution in [0.3, 0.4) is 0 Å². The highest BCUT2D eigenvalue weighted by atomic mass is 16.4. The monoisotopic (exact) mass is 397 g/mol. The van der Waals surface area contributed by atoms with Crippen molar-refractivity contribution in [3.05, 3.63) is 69.8 Å². The summed E-state index contributed by atoms with van der Waals surface area (Å²) in [6.45, 7) is -0.176. The molecular formula is C20H19N3O6. The van der Waals surface area contributed by atoms with Gasteiger partial charge in [0.05, 0.1) is 0 Å². The van der Waals surface area contributed by atoms with Gasteiger partial charge in [-0.05, 0) is 22.8 Å². The van der Waals surface area contributed by atoms with Crippen molar-refractivity contribution in [2.45, 2.75) is 13.0 Å². The van der Waals surface area contributed by atoms with Crippen LogP contribution >= 0.6 is 0 Å². The van der Waals surface area contributed by atoms with Gasteiger partial charge in [0.1, 0.15) is 17.9 Å². The lowest BCUT2D eigenvalue weighted by Crippen LogP contribution is -2.43. The van der Waals surface area contributed by atoms with E-state index in [4.69, 9.17) is 5.11 Å². The molecule has 150 valence electrons. The van der Waals surface area contributed by atoms with Crippen LogP contribution in [0.4, 0.5) is 0 Å². The van der Waals surface area contributed by atoms with E-state index in [0.29, 0.717) is 0 Å². The minimum absolute atomic E-state index is 0.108. The van der Waals surface area contributed by atoms with Gasteiger partial charge in [-0.25, -0.2) is 0 Å². The van der Waals surface area contributed by atoms with Crippen molar-refractivity contribution in [2.24, 2.45) is 0 Å². The van der Waals surface area contributed by atoms with E-state index in [1.54, 1.807) is 12.3 Å². The molecule has 2 aromatic rings. The third-order valence-corrected chi connectivity index (χ3v) is 4.48. The maximum Gasteiger partial charge on any atom is 0.322 e. The molecule has 0 radical (unpaired) electrons. The molecule has 1 aromatic carbocycles. The van der Waals surface area contributed by atoms with Gasteiger partial charge in [0.2, 0.25) is 5.56 Å². The number of nitrogens with zero attached hydrogens (tertiary/aromatic N) is 1. The average molecular weight is 397 g/mol. The summed E-state index contributed by atoms with van der Waals surface area (Å²) in [5, 5.41) is 20.7. The third-order valence-electron chi connectivity index (χ3n) is 4.48. The fourth-order valence-electron chi connectivity index (χ4n) is 2.99. The van der Waals surface area contributed by atoms with Crippen LogP contribution in [0.15, 0.2) is 58.7 Å². The highest BCUT2D eigenvalue weighted by Gasteiger charge is 2.32. The first-order chi connectivity index (χ1) is 13.8. The maximum atomic E-state index is 12.6. The van der Waals surface area contributed by atoms with E-state index in [-0.39, 0.29) is 30.8 Å². The van der Waals surface area contributed by atoms with E-state index in [1.165, 1.54) is 11.0 Å². The second kappa shape index (κ2) is 8.42. The van der Waals surface area contributed by atoms with Crippen LogP contribution in [-0.2, 0) is 20.9 Å². The topological polar surface area (TPSA) is 140 Å². The second-order valence-electron chi connectivity index (χ2n) is 6.51. The number of aliphatic carboxylic acids is 1. The van der Waals surface area contributed by atoms with E-state index in [2.05, 4.69) is 10.3 Å². The molecular weight excluding hydrogens is 378 g/mol. The number of nitrogens with one attached hydrogen (secondary N) is 2. The second-order valence-corrected chi connectivity index (χ2v) is 6.51. The Morgan fingerprint density at radius 3 is 2.38 bits per heavy atom. The van der Waals surface area contributed by atoms with Crippen molar-refractivity contribution < 1.29 is 24.6 Å². The Labute approximate surface area is 165 Å². The van der Waals surface area contributed by atoms with Crippen LogP contribution in [0.2, 0.25) is 0 Å². The summed E-state index contributed by atoms with van der Waals surface area (Å²) in [7, 11) is 0. The first-order valence-corrected chi connectivity index (χ1v) is 8.84. The molecule has 1 aliphatic heterocycles. The molecule has 0 saturated heterocycles. The van der Waals surface area contributed by atoms with Crippen LogP contribution in [0.5, 0.6) is 0 Å². The number of carbonyl (C=O) groups is 3. The SMILES string of the molecule is O=C(O)CNC(=O)C1=C(O)CCN(Cc2ccc(-c3ccc(=O)[nH]c3)cc2)C1=O. The molecule has 1 aliphatic rings. The van der Waals surface area contributed by atoms with Crippen molar-refractivity contribution in [3.8, 4) is 11.1 Å². The Bertz CT molecular complexity index is 1020. The van der Waals surface area contributed by atoms with E-state index in [9.17, 15) is 24.3 Å². The normalized spacial score (nSPS) is 14.1. The minimum Gasteiger partial charge on any atom is -0.511 e. The highest BCUT2D eigenvalue weighted by molar-refractivity contribution is 6.19. The lowest BCUT2D eigenvalue weighted by atomic mass is 10.0. The number of H-pyrrole nitrogens is 1. The fourth-order valence-corrected chi connectivity index (χ4v) is 2.99. The zero-order valence-electron chi connectivity index (χ0n) is 15.3. The van der Waals surface area contributed by atoms with Gasteiger partial charge >= 0.3 is 5.97 Å². The number of amides is 2. The van der Waals surface area contributed by atoms with Gasteiger partial charge in [-0.3, -0.25) is 19.2 Å². The number of benzene rings is 1. The number of hydrogen-bond acceptors (Lipinski definition) is 5. The summed E-state index contributed by atoms with van der Waals surface area (Å²) in [6, 6.07) is 10.5. The van der Waals surface area contributed by atoms with Crippen molar-refractivity contribution in [2.75, 3.05) is 13.1 Å². The van der Waals surface area contributed by atoms with Crippen molar-refractivity contribution in [3.63, 3.8) is 0 Å². The molecule has 1 aromatic heterocycles. The van der Waals surface area contributed by atoms with Gasteiger partial charge in [0, 0.05) is 31.8 Å². The first-order valence-electron chi connectivity index (χ1n) is 8.84. The van der Waals surface area contributed by atoms with E-state index >= 15 is 0 Å². The molecule has 0 bridgehead atoms. The van der Waals surface area contributed by atoms with E-state index < -0.39 is 29.9 Å². The maximum absolute atomic E-state index is 12.6. The number of aromatic nitrogens is 1. The van der Waals surface area contributed by atoms with Crippen LogP contribution in [0.1, 0.15) is 12.0 Å². The molecule has 2 heterocycles. The molecule has 0 saturated carbocycles. The minimum atomic E-state index is -1.25. The van der Waals surface area contributed by atoms with Crippen molar-refractivity contribution in [1.82, 2.24) is 15.2 Å². The Kier molecular flexibility index (Phi) is 5.77. The molecule has 0 atom stereocenters. The third kappa shape index (κ3) is 4.70. The molecule has 0 unspecified atom stereocenters. The Hall–Kier alpha value is -3.88. The number of aliphatic hydroxyl groups is 1. The number of carboxylic acid groups (broad SMARTS) is 1. The fraction of sp³-hybridized carbons (Fsp3) is 0.200. The predicted octanol–water partition coefficient (Wildman–Crippen LogP) is 0.787. The van der Waals surface area contributed by atoms with Crippen LogP contribution < -0.4 is 10.9 Å². The van der Waals surface area contributed by atoms with Crippen LogP contribution in [-0.4, -0.2) is 51.0 Å². The van der Waals surface area contributed by atoms with Gasteiger partial charge in [-0.2, -0.15) is 0 Å². The van der Waals surface area contributed by atoms with Crippen molar-refractivity contribution in [1.29, 1.82) is 0 Å². The summed E-state index contributed by atoms with van der Waals surface area (Å²) in [4.78, 5) is 50.5. The number of carbonyl (C=O) groups excluding carboxylic acids is 2. The van der Waals surface area contributed by atoms with Gasteiger partial charge < -0.3 is 25.4 Å². The van der Waals surface area contributed by atoms with Gasteiger partial charge in [-0.15, -0.1) is 0 Å². The number of carboxylic acids is 1. The molecule has 2 amide bonds. The number of rotatable bonds is 6. The number of aromatic amines is 1. The molecule has 0 fully saturated rings. The lowest BCUT2D eigenvalue weighted by molar-refractivity contribution is -0.138. The van der Waals surface area contributed by atoms with Crippen LogP contribution in [0.25, 0.3) is 11.1 Å². The standard InChI is InChI=1S/C20H19N3O6/c24-15-7-8-23(20(29)18(15)19(28)22-10-17(26)27)11-12-1-3-13(4-2-12)14-5-6-16(25)21-9-14/h1-6,9,24H,7-8,10-11H2,(H,21,25)(H,22,28)(H,26,27). The van der Waals surface area contributed by atoms with Gasteiger partial charge in [0.15, 0.2) is 0 Å². The molecule has 29 heavy (non-hydrogen) atoms. The summed E-state index contributed by atoms with van der Waals surface area (Å²) in [5.74, 6) is -3.15. The van der Waals surface area contributed by atoms with Gasteiger partial charge in [0.25, 0.3) is 11.8 Å². The molecule has 0 spiro atoms. The average Bonchev–Trinajstić information content (AvgIpc) is 2.70. The quantitative estimate of drug-likeness (QED) is 0.531. The smallest absolute Gasteiger partial charge is 0.322 e. The molecule has 9 heteroatoms. The van der Waals surface area contributed by atoms with Crippen LogP contribution in [0, 0.1) is 0 Å². The zero-order chi connectivity index (χ0) is 21.0. The lowest BCUT2D eigenvalue weighted by Gasteiger charge is -2.28. The molecule has 9 nitrogen and oxygen atoms in total. The summed E-state index contributed by atoms with van der Waals surface area (Å²) in [6.07, 6.45) is 1.72. The molecule has 4 N–H and O–H groups in total.